The van der Waals surface area contributed by atoms with Gasteiger partial charge in [-0.2, -0.15) is 0 Å². The number of rotatable bonds is 5. The molecule has 0 aliphatic heterocycles. The van der Waals surface area contributed by atoms with E-state index in [1.165, 1.54) is 6.07 Å². The molecule has 22 heavy (non-hydrogen) atoms. The molecule has 0 saturated heterocycles. The summed E-state index contributed by atoms with van der Waals surface area (Å²) in [7, 11) is 0. The predicted molar refractivity (Wildman–Crippen MR) is 80.8 cm³/mol. The number of carbonyl (C=O) groups is 1. The summed E-state index contributed by atoms with van der Waals surface area (Å²) in [5, 5.41) is 20.6. The van der Waals surface area contributed by atoms with E-state index in [0.717, 1.165) is 12.1 Å². The lowest BCUT2D eigenvalue weighted by Gasteiger charge is -2.11. The molecule has 0 saturated carbocycles. The molecule has 1 N–H and O–H groups in total. The topological polar surface area (TPSA) is 89.7 Å². The van der Waals surface area contributed by atoms with Gasteiger partial charge in [0.15, 0.2) is 0 Å². The summed E-state index contributed by atoms with van der Waals surface area (Å²) in [6.07, 6.45) is 0. The zero-order valence-corrected chi connectivity index (χ0v) is 12.5. The minimum Gasteiger partial charge on any atom is -0.488 e. The molecule has 6 nitrogen and oxygen atoms in total. The Hall–Kier alpha value is -2.31. The second-order valence-electron chi connectivity index (χ2n) is 4.23. The number of hydrogen-bond acceptors (Lipinski definition) is 4. The van der Waals surface area contributed by atoms with E-state index >= 15 is 0 Å². The second-order valence-corrected chi connectivity index (χ2v) is 5.05. The van der Waals surface area contributed by atoms with E-state index in [1.54, 1.807) is 18.2 Å². The van der Waals surface area contributed by atoms with Crippen LogP contribution in [0.2, 0.25) is 10.0 Å². The normalized spacial score (nSPS) is 10.3. The van der Waals surface area contributed by atoms with Gasteiger partial charge in [-0.15, -0.1) is 0 Å². The van der Waals surface area contributed by atoms with Gasteiger partial charge < -0.3 is 9.84 Å². The van der Waals surface area contributed by atoms with Crippen LogP contribution in [0.1, 0.15) is 15.9 Å². The maximum absolute atomic E-state index is 11.2. The number of nitrogens with zero attached hydrogens (tertiary/aromatic N) is 1. The maximum Gasteiger partial charge on any atom is 0.339 e. The van der Waals surface area contributed by atoms with Crippen molar-refractivity contribution >= 4 is 34.9 Å². The number of hydrogen-bond donors (Lipinski definition) is 1. The maximum atomic E-state index is 11.2. The lowest BCUT2D eigenvalue weighted by molar-refractivity contribution is -0.384. The minimum atomic E-state index is -1.33. The largest absolute Gasteiger partial charge is 0.488 e. The lowest BCUT2D eigenvalue weighted by atomic mass is 10.1. The highest BCUT2D eigenvalue weighted by Crippen LogP contribution is 2.28. The van der Waals surface area contributed by atoms with Crippen LogP contribution in [0.25, 0.3) is 0 Å². The Kier molecular flexibility index (Phi) is 4.85. The van der Waals surface area contributed by atoms with Gasteiger partial charge in [-0.3, -0.25) is 10.1 Å². The lowest BCUT2D eigenvalue weighted by Crippen LogP contribution is -2.05. The number of benzene rings is 2. The van der Waals surface area contributed by atoms with Gasteiger partial charge in [0.25, 0.3) is 5.69 Å². The number of carboxylic acid groups (broad SMARTS) is 1. The smallest absolute Gasteiger partial charge is 0.339 e. The van der Waals surface area contributed by atoms with Crippen LogP contribution in [-0.2, 0) is 6.61 Å². The van der Waals surface area contributed by atoms with Gasteiger partial charge in [0, 0.05) is 27.7 Å². The monoisotopic (exact) mass is 341 g/mol. The molecule has 0 aliphatic rings. The Morgan fingerprint density at radius 3 is 2.41 bits per heavy atom. The number of carboxylic acids is 1. The zero-order chi connectivity index (χ0) is 16.3. The van der Waals surface area contributed by atoms with Gasteiger partial charge in [0.05, 0.1) is 4.92 Å². The molecule has 2 rings (SSSR count). The quantitative estimate of drug-likeness (QED) is 0.650. The molecule has 2 aromatic rings. The van der Waals surface area contributed by atoms with E-state index in [0.29, 0.717) is 15.6 Å². The molecule has 8 heteroatoms. The number of ether oxygens (including phenoxy) is 1. The molecular formula is C14H9Cl2NO5. The molecule has 0 amide bonds. The molecule has 0 bridgehead atoms. The third kappa shape index (κ3) is 3.47. The summed E-state index contributed by atoms with van der Waals surface area (Å²) in [5.41, 5.74) is -0.140. The molecule has 0 heterocycles. The van der Waals surface area contributed by atoms with Crippen molar-refractivity contribution in [2.45, 2.75) is 6.61 Å². The first-order valence-corrected chi connectivity index (χ1v) is 6.73. The first-order valence-electron chi connectivity index (χ1n) is 5.97. The third-order valence-corrected chi connectivity index (χ3v) is 3.55. The van der Waals surface area contributed by atoms with Crippen LogP contribution in [0.15, 0.2) is 36.4 Å². The molecule has 114 valence electrons. The summed E-state index contributed by atoms with van der Waals surface area (Å²) in [6.45, 7) is -0.0589. The molecule has 0 spiro atoms. The summed E-state index contributed by atoms with van der Waals surface area (Å²) < 4.78 is 5.41. The van der Waals surface area contributed by atoms with Gasteiger partial charge in [-0.05, 0) is 18.2 Å². The summed E-state index contributed by atoms with van der Waals surface area (Å²) in [4.78, 5) is 21.2. The minimum absolute atomic E-state index is 0.00548. The van der Waals surface area contributed by atoms with Gasteiger partial charge in [0.1, 0.15) is 17.9 Å². The van der Waals surface area contributed by atoms with Crippen molar-refractivity contribution in [1.29, 1.82) is 0 Å². The van der Waals surface area contributed by atoms with Crippen LogP contribution >= 0.6 is 23.2 Å². The molecule has 0 aromatic heterocycles. The third-order valence-electron chi connectivity index (χ3n) is 2.84. The highest BCUT2D eigenvalue weighted by atomic mass is 35.5. The SMILES string of the molecule is O=C(O)c1cc([N+](=O)[O-])ccc1OCc1c(Cl)cccc1Cl. The van der Waals surface area contributed by atoms with Gasteiger partial charge in [-0.1, -0.05) is 29.3 Å². The first-order chi connectivity index (χ1) is 10.4. The van der Waals surface area contributed by atoms with Crippen LogP contribution in [0.3, 0.4) is 0 Å². The Labute approximate surface area is 135 Å². The molecule has 0 atom stereocenters. The van der Waals surface area contributed by atoms with Gasteiger partial charge in [-0.25, -0.2) is 4.79 Å². The standard InChI is InChI=1S/C14H9Cl2NO5/c15-11-2-1-3-12(16)10(11)7-22-13-5-4-8(17(20)21)6-9(13)14(18)19/h1-6H,7H2,(H,18,19). The van der Waals surface area contributed by atoms with Crippen molar-refractivity contribution in [3.8, 4) is 5.75 Å². The first kappa shape index (κ1) is 16.1. The van der Waals surface area contributed by atoms with Crippen molar-refractivity contribution in [3.05, 3.63) is 67.7 Å². The molecule has 0 aliphatic carbocycles. The molecule has 2 aromatic carbocycles. The molecule has 0 fully saturated rings. The Bertz CT molecular complexity index is 728. The van der Waals surface area contributed by atoms with E-state index in [4.69, 9.17) is 33.0 Å². The molecule has 0 radical (unpaired) electrons. The Balaban J connectivity index is 2.30. The van der Waals surface area contributed by atoms with Crippen LogP contribution in [0, 0.1) is 10.1 Å². The number of non-ortho nitro benzene ring substituents is 1. The zero-order valence-electron chi connectivity index (χ0n) is 11.0. The summed E-state index contributed by atoms with van der Waals surface area (Å²) in [5.74, 6) is -1.34. The van der Waals surface area contributed by atoms with Crippen molar-refractivity contribution in [2.75, 3.05) is 0 Å². The number of nitro benzene ring substituents is 1. The Morgan fingerprint density at radius 1 is 1.23 bits per heavy atom. The summed E-state index contributed by atoms with van der Waals surface area (Å²) >= 11 is 12.0. The highest BCUT2D eigenvalue weighted by molar-refractivity contribution is 6.35. The van der Waals surface area contributed by atoms with Crippen molar-refractivity contribution < 1.29 is 19.6 Å². The average molecular weight is 342 g/mol. The van der Waals surface area contributed by atoms with E-state index in [9.17, 15) is 14.9 Å². The van der Waals surface area contributed by atoms with Crippen molar-refractivity contribution in [1.82, 2.24) is 0 Å². The highest BCUT2D eigenvalue weighted by Gasteiger charge is 2.18. The summed E-state index contributed by atoms with van der Waals surface area (Å²) in [6, 6.07) is 8.25. The molecular weight excluding hydrogens is 333 g/mol. The van der Waals surface area contributed by atoms with Gasteiger partial charge in [0.2, 0.25) is 0 Å². The fourth-order valence-electron chi connectivity index (χ4n) is 1.74. The van der Waals surface area contributed by atoms with E-state index in [-0.39, 0.29) is 23.6 Å². The second kappa shape index (κ2) is 6.64. The van der Waals surface area contributed by atoms with Gasteiger partial charge >= 0.3 is 5.97 Å². The van der Waals surface area contributed by atoms with E-state index in [1.807, 2.05) is 0 Å². The Morgan fingerprint density at radius 2 is 1.86 bits per heavy atom. The van der Waals surface area contributed by atoms with E-state index in [2.05, 4.69) is 0 Å². The van der Waals surface area contributed by atoms with Crippen molar-refractivity contribution in [3.63, 3.8) is 0 Å². The van der Waals surface area contributed by atoms with Crippen LogP contribution < -0.4 is 4.74 Å². The predicted octanol–water partition coefficient (Wildman–Crippen LogP) is 4.18. The average Bonchev–Trinajstić information content (AvgIpc) is 2.46. The fraction of sp³-hybridized carbons (Fsp3) is 0.0714. The van der Waals surface area contributed by atoms with E-state index < -0.39 is 10.9 Å². The number of halogens is 2. The fourth-order valence-corrected chi connectivity index (χ4v) is 2.25. The van der Waals surface area contributed by atoms with Crippen molar-refractivity contribution in [2.24, 2.45) is 0 Å². The molecule has 0 unspecified atom stereocenters. The number of nitro groups is 1. The van der Waals surface area contributed by atoms with Crippen LogP contribution in [0.4, 0.5) is 5.69 Å². The number of aromatic carboxylic acids is 1. The van der Waals surface area contributed by atoms with Crippen LogP contribution in [-0.4, -0.2) is 16.0 Å². The van der Waals surface area contributed by atoms with Crippen LogP contribution in [0.5, 0.6) is 5.75 Å².